The molecule has 0 aliphatic heterocycles. The van der Waals surface area contributed by atoms with Crippen LogP contribution in [0.1, 0.15) is 92.4 Å². The third-order valence-electron chi connectivity index (χ3n) is 2.54. The standard InChI is InChI=1S/2C6H14.C5H10O3.H2O/c2*1-3-5-6-4-2;1-2-8-5(7)3-4-6;/h2*3-6H2,1-2H3;6H,2-4H2,1H3;1H2. The van der Waals surface area contributed by atoms with Crippen LogP contribution in [0.2, 0.25) is 0 Å². The number of hydrogen-bond acceptors (Lipinski definition) is 3. The van der Waals surface area contributed by atoms with Gasteiger partial charge in [-0.15, -0.1) is 0 Å². The van der Waals surface area contributed by atoms with E-state index in [1.807, 2.05) is 0 Å². The lowest BCUT2D eigenvalue weighted by molar-refractivity contribution is -0.143. The van der Waals surface area contributed by atoms with Crippen LogP contribution in [-0.4, -0.2) is 29.8 Å². The molecule has 0 unspecified atom stereocenters. The van der Waals surface area contributed by atoms with E-state index in [9.17, 15) is 4.79 Å². The van der Waals surface area contributed by atoms with E-state index in [2.05, 4.69) is 32.4 Å². The topological polar surface area (TPSA) is 78.0 Å². The summed E-state index contributed by atoms with van der Waals surface area (Å²) in [5.74, 6) is -0.338. The molecule has 0 aliphatic carbocycles. The van der Waals surface area contributed by atoms with Gasteiger partial charge in [-0.2, -0.15) is 0 Å². The largest absolute Gasteiger partial charge is 0.466 e. The van der Waals surface area contributed by atoms with E-state index in [0.717, 1.165) is 0 Å². The summed E-state index contributed by atoms with van der Waals surface area (Å²) in [7, 11) is 0. The van der Waals surface area contributed by atoms with Gasteiger partial charge in [-0.1, -0.05) is 79.1 Å². The van der Waals surface area contributed by atoms with Crippen LogP contribution < -0.4 is 0 Å². The first-order chi connectivity index (χ1) is 9.64. The number of carbonyl (C=O) groups excluding carboxylic acids is 1. The summed E-state index contributed by atoms with van der Waals surface area (Å²) in [6, 6.07) is 0. The molecule has 0 aromatic heterocycles. The van der Waals surface area contributed by atoms with Crippen molar-refractivity contribution in [1.82, 2.24) is 0 Å². The van der Waals surface area contributed by atoms with Crippen LogP contribution >= 0.6 is 0 Å². The number of carbonyl (C=O) groups is 1. The fourth-order valence-corrected chi connectivity index (χ4v) is 1.32. The van der Waals surface area contributed by atoms with Gasteiger partial charge in [0.1, 0.15) is 0 Å². The van der Waals surface area contributed by atoms with Gasteiger partial charge in [-0.25, -0.2) is 0 Å². The van der Waals surface area contributed by atoms with Gasteiger partial charge in [-0.05, 0) is 6.92 Å². The lowest BCUT2D eigenvalue weighted by Gasteiger charge is -1.96. The first kappa shape index (κ1) is 28.5. The zero-order valence-corrected chi connectivity index (χ0v) is 15.0. The molecule has 0 fully saturated rings. The highest BCUT2D eigenvalue weighted by Gasteiger charge is 1.96. The third kappa shape index (κ3) is 45.2. The maximum Gasteiger partial charge on any atom is 0.308 e. The first-order valence-corrected chi connectivity index (χ1v) is 8.40. The molecule has 0 aromatic rings. The van der Waals surface area contributed by atoms with Crippen molar-refractivity contribution in [1.29, 1.82) is 0 Å². The summed E-state index contributed by atoms with van der Waals surface area (Å²) in [6.07, 6.45) is 11.2. The van der Waals surface area contributed by atoms with E-state index in [1.54, 1.807) is 6.92 Å². The number of esters is 1. The Morgan fingerprint density at radius 3 is 1.33 bits per heavy atom. The van der Waals surface area contributed by atoms with Gasteiger partial charge in [-0.3, -0.25) is 4.79 Å². The van der Waals surface area contributed by atoms with Gasteiger partial charge >= 0.3 is 5.97 Å². The van der Waals surface area contributed by atoms with E-state index in [0.29, 0.717) is 6.61 Å². The molecule has 0 spiro atoms. The van der Waals surface area contributed by atoms with Crippen LogP contribution in [0.25, 0.3) is 0 Å². The summed E-state index contributed by atoms with van der Waals surface area (Å²) >= 11 is 0. The lowest BCUT2D eigenvalue weighted by atomic mass is 10.2. The Kier molecular flexibility index (Phi) is 43.0. The highest BCUT2D eigenvalue weighted by atomic mass is 16.5. The van der Waals surface area contributed by atoms with Crippen molar-refractivity contribution < 1.29 is 20.1 Å². The molecule has 0 aliphatic rings. The smallest absolute Gasteiger partial charge is 0.308 e. The molecule has 4 heteroatoms. The maximum atomic E-state index is 10.3. The summed E-state index contributed by atoms with van der Waals surface area (Å²) < 4.78 is 4.48. The highest BCUT2D eigenvalue weighted by Crippen LogP contribution is 1.95. The molecule has 0 rings (SSSR count). The summed E-state index contributed by atoms with van der Waals surface area (Å²) in [5.41, 5.74) is 0. The molecule has 0 amide bonds. The van der Waals surface area contributed by atoms with E-state index >= 15 is 0 Å². The predicted molar refractivity (Wildman–Crippen MR) is 91.6 cm³/mol. The fraction of sp³-hybridized carbons (Fsp3) is 0.941. The Morgan fingerprint density at radius 2 is 1.14 bits per heavy atom. The van der Waals surface area contributed by atoms with E-state index < -0.39 is 0 Å². The molecule has 0 radical (unpaired) electrons. The maximum absolute atomic E-state index is 10.3. The van der Waals surface area contributed by atoms with Crippen molar-refractivity contribution >= 4 is 5.97 Å². The monoisotopic (exact) mass is 308 g/mol. The highest BCUT2D eigenvalue weighted by molar-refractivity contribution is 5.69. The zero-order valence-electron chi connectivity index (χ0n) is 15.0. The van der Waals surface area contributed by atoms with Crippen molar-refractivity contribution in [3.63, 3.8) is 0 Å². The van der Waals surface area contributed by atoms with Crippen LogP contribution in [-0.2, 0) is 9.53 Å². The Labute approximate surface area is 132 Å². The van der Waals surface area contributed by atoms with Crippen molar-refractivity contribution in [2.75, 3.05) is 13.2 Å². The van der Waals surface area contributed by atoms with Crippen LogP contribution in [0.15, 0.2) is 0 Å². The average Bonchev–Trinajstić information content (AvgIpc) is 2.45. The number of aliphatic hydroxyl groups is 1. The zero-order chi connectivity index (χ0) is 16.1. The Bertz CT molecular complexity index is 137. The molecule has 21 heavy (non-hydrogen) atoms. The molecule has 0 saturated carbocycles. The molecular formula is C17H40O4. The second-order valence-corrected chi connectivity index (χ2v) is 4.69. The Morgan fingerprint density at radius 1 is 0.810 bits per heavy atom. The van der Waals surface area contributed by atoms with Crippen LogP contribution in [0.3, 0.4) is 0 Å². The first-order valence-electron chi connectivity index (χ1n) is 8.40. The number of unbranched alkanes of at least 4 members (excludes halogenated alkanes) is 6. The van der Waals surface area contributed by atoms with Crippen molar-refractivity contribution in [3.05, 3.63) is 0 Å². The minimum absolute atomic E-state index is 0. The minimum atomic E-state index is -0.338. The predicted octanol–water partition coefficient (Wildman–Crippen LogP) is 4.28. The van der Waals surface area contributed by atoms with Gasteiger partial charge in [0.2, 0.25) is 0 Å². The van der Waals surface area contributed by atoms with Crippen LogP contribution in [0, 0.1) is 0 Å². The molecule has 0 heterocycles. The molecule has 0 atom stereocenters. The molecule has 132 valence electrons. The van der Waals surface area contributed by atoms with Gasteiger partial charge in [0.25, 0.3) is 0 Å². The third-order valence-corrected chi connectivity index (χ3v) is 2.54. The molecule has 0 bridgehead atoms. The Balaban J connectivity index is -0.000000102. The Hall–Kier alpha value is -0.610. The number of ether oxygens (including phenoxy) is 1. The van der Waals surface area contributed by atoms with Gasteiger partial charge in [0.05, 0.1) is 19.6 Å². The average molecular weight is 309 g/mol. The van der Waals surface area contributed by atoms with Gasteiger partial charge in [0, 0.05) is 0 Å². The van der Waals surface area contributed by atoms with Crippen LogP contribution in [0.5, 0.6) is 0 Å². The summed E-state index contributed by atoms with van der Waals surface area (Å²) in [6.45, 7) is 10.9. The molecule has 4 nitrogen and oxygen atoms in total. The second kappa shape index (κ2) is 31.7. The van der Waals surface area contributed by atoms with Crippen molar-refractivity contribution in [2.24, 2.45) is 0 Å². The van der Waals surface area contributed by atoms with Crippen LogP contribution in [0.4, 0.5) is 0 Å². The molecular weight excluding hydrogens is 268 g/mol. The van der Waals surface area contributed by atoms with E-state index in [4.69, 9.17) is 5.11 Å². The van der Waals surface area contributed by atoms with Crippen molar-refractivity contribution in [2.45, 2.75) is 92.4 Å². The quantitative estimate of drug-likeness (QED) is 0.510. The normalized spacial score (nSPS) is 8.48. The molecule has 0 aromatic carbocycles. The fourth-order valence-electron chi connectivity index (χ4n) is 1.32. The number of aliphatic hydroxyl groups excluding tert-OH is 1. The molecule has 3 N–H and O–H groups in total. The number of rotatable bonds is 9. The van der Waals surface area contributed by atoms with Gasteiger partial charge < -0.3 is 15.3 Å². The summed E-state index contributed by atoms with van der Waals surface area (Å²) in [5, 5.41) is 8.16. The summed E-state index contributed by atoms with van der Waals surface area (Å²) in [4.78, 5) is 10.3. The van der Waals surface area contributed by atoms with E-state index in [1.165, 1.54) is 51.4 Å². The van der Waals surface area contributed by atoms with E-state index in [-0.39, 0.29) is 24.5 Å². The van der Waals surface area contributed by atoms with Crippen molar-refractivity contribution in [3.8, 4) is 0 Å². The lowest BCUT2D eigenvalue weighted by Crippen LogP contribution is -2.05. The minimum Gasteiger partial charge on any atom is -0.466 e. The van der Waals surface area contributed by atoms with Gasteiger partial charge in [0.15, 0.2) is 0 Å². The SMILES string of the molecule is CCCCCC.CCCCCC.CCOC(=O)CCO.O. The second-order valence-electron chi connectivity index (χ2n) is 4.69. The number of hydrogen-bond donors (Lipinski definition) is 1. The molecule has 0 saturated heterocycles.